The van der Waals surface area contributed by atoms with Crippen LogP contribution in [-0.2, 0) is 40.5 Å². The molecule has 0 aliphatic heterocycles. The number of nitrogens with zero attached hydrogens (tertiary/aromatic N) is 1. The van der Waals surface area contributed by atoms with Crippen molar-refractivity contribution in [2.75, 3.05) is 0 Å². The van der Waals surface area contributed by atoms with Gasteiger partial charge in [-0.25, -0.2) is 4.79 Å². The molecule has 0 bridgehead atoms. The number of carbonyl (C=O) groups excluding carboxylic acids is 3. The van der Waals surface area contributed by atoms with E-state index in [1.165, 1.54) is 0 Å². The molecule has 2 atom stereocenters. The van der Waals surface area contributed by atoms with E-state index in [4.69, 9.17) is 4.74 Å². The molecule has 4 aromatic carbocycles. The quantitative estimate of drug-likeness (QED) is 0.125. The Kier molecular flexibility index (Phi) is 12.6. The number of benzene rings is 4. The van der Waals surface area contributed by atoms with Crippen molar-refractivity contribution in [2.45, 2.75) is 58.0 Å². The van der Waals surface area contributed by atoms with Crippen molar-refractivity contribution in [2.24, 2.45) is 5.92 Å². The lowest BCUT2D eigenvalue weighted by molar-refractivity contribution is -0.160. The van der Waals surface area contributed by atoms with Crippen LogP contribution in [0.1, 0.15) is 36.1 Å². The number of hydrogen-bond donors (Lipinski definition) is 3. The maximum absolute atomic E-state index is 15.5. The van der Waals surface area contributed by atoms with Gasteiger partial charge in [-0.2, -0.15) is 8.78 Å². The summed E-state index contributed by atoms with van der Waals surface area (Å²) in [6.45, 7) is 3.12. The number of hydrogen-bond acceptors (Lipinski definition) is 5. The molecule has 0 saturated heterocycles. The first-order valence-electron chi connectivity index (χ1n) is 15.8. The van der Waals surface area contributed by atoms with Crippen LogP contribution in [0, 0.1) is 5.92 Å². The third-order valence-electron chi connectivity index (χ3n) is 7.81. The third-order valence-corrected chi connectivity index (χ3v) is 7.81. The Morgan fingerprint density at radius 2 is 1.29 bits per heavy atom. The highest BCUT2D eigenvalue weighted by Crippen LogP contribution is 2.23. The van der Waals surface area contributed by atoms with Crippen LogP contribution in [0.5, 0.6) is 5.75 Å². The van der Waals surface area contributed by atoms with E-state index in [0.29, 0.717) is 29.0 Å². The number of alkyl halides is 2. The van der Waals surface area contributed by atoms with Gasteiger partial charge < -0.3 is 20.5 Å². The van der Waals surface area contributed by atoms with E-state index in [0.717, 1.165) is 10.5 Å². The standard InChI is InChI=1S/C38H39F2N3O6/c1-26(2)33(43(37(47)48)24-29-14-8-4-9-15-29)35(45)42-32(34(44)38(39,40)36(46)41-23-28-12-6-3-7-13-28)22-27-18-20-31(21-19-27)49-25-30-16-10-5-11-17-30/h3-21,26,32-33H,22-25H2,1-2H3,(H,41,46)(H,42,45)(H,47,48)/t32-,33?/m0/s1. The largest absolute Gasteiger partial charge is 0.489 e. The average Bonchev–Trinajstić information content (AvgIpc) is 3.10. The number of rotatable bonds is 16. The van der Waals surface area contributed by atoms with Gasteiger partial charge in [0.1, 0.15) is 18.4 Å². The molecular weight excluding hydrogens is 632 g/mol. The Morgan fingerprint density at radius 3 is 1.82 bits per heavy atom. The van der Waals surface area contributed by atoms with E-state index >= 15 is 8.78 Å². The van der Waals surface area contributed by atoms with Crippen LogP contribution < -0.4 is 15.4 Å². The van der Waals surface area contributed by atoms with E-state index in [2.05, 4.69) is 10.6 Å². The van der Waals surface area contributed by atoms with Gasteiger partial charge in [0.15, 0.2) is 0 Å². The van der Waals surface area contributed by atoms with Gasteiger partial charge in [-0.15, -0.1) is 0 Å². The van der Waals surface area contributed by atoms with Gasteiger partial charge >= 0.3 is 12.0 Å². The smallest absolute Gasteiger partial charge is 0.408 e. The fraction of sp³-hybridized carbons (Fsp3) is 0.263. The molecule has 0 saturated carbocycles. The average molecular weight is 672 g/mol. The molecule has 11 heteroatoms. The normalized spacial score (nSPS) is 12.4. The molecule has 4 aromatic rings. The van der Waals surface area contributed by atoms with E-state index in [-0.39, 0.29) is 13.1 Å². The first kappa shape index (κ1) is 36.3. The van der Waals surface area contributed by atoms with Gasteiger partial charge in [0.05, 0.1) is 6.04 Å². The zero-order valence-corrected chi connectivity index (χ0v) is 27.2. The van der Waals surface area contributed by atoms with E-state index < -0.39 is 54.0 Å². The number of carboxylic acid groups (broad SMARTS) is 1. The second-order valence-corrected chi connectivity index (χ2v) is 11.9. The van der Waals surface area contributed by atoms with Crippen molar-refractivity contribution < 1.29 is 37.8 Å². The Balaban J connectivity index is 1.57. The molecule has 3 N–H and O–H groups in total. The minimum absolute atomic E-state index is 0.159. The Bertz CT molecular complexity index is 1690. The lowest BCUT2D eigenvalue weighted by Gasteiger charge is -2.33. The number of ketones is 1. The molecule has 0 aliphatic rings. The Hall–Kier alpha value is -5.58. The number of nitrogens with one attached hydrogen (secondary N) is 2. The van der Waals surface area contributed by atoms with Gasteiger partial charge in [-0.05, 0) is 40.3 Å². The van der Waals surface area contributed by atoms with Gasteiger partial charge in [-0.3, -0.25) is 19.3 Å². The van der Waals surface area contributed by atoms with Crippen LogP contribution >= 0.6 is 0 Å². The predicted molar refractivity (Wildman–Crippen MR) is 180 cm³/mol. The summed E-state index contributed by atoms with van der Waals surface area (Å²) in [5.41, 5.74) is 2.49. The lowest BCUT2D eigenvalue weighted by Crippen LogP contribution is -2.59. The second kappa shape index (κ2) is 17.0. The van der Waals surface area contributed by atoms with E-state index in [9.17, 15) is 24.3 Å². The maximum Gasteiger partial charge on any atom is 0.408 e. The number of carbonyl (C=O) groups is 4. The Morgan fingerprint density at radius 1 is 0.755 bits per heavy atom. The molecule has 0 aromatic heterocycles. The van der Waals surface area contributed by atoms with E-state index in [1.54, 1.807) is 98.8 Å². The van der Waals surface area contributed by atoms with Crippen molar-refractivity contribution in [1.82, 2.24) is 15.5 Å². The summed E-state index contributed by atoms with van der Waals surface area (Å²) in [6, 6.07) is 29.5. The molecule has 0 radical (unpaired) electrons. The van der Waals surface area contributed by atoms with Gasteiger partial charge in [0.25, 0.3) is 5.91 Å². The lowest BCUT2D eigenvalue weighted by atomic mass is 9.95. The molecule has 256 valence electrons. The fourth-order valence-electron chi connectivity index (χ4n) is 5.25. The third kappa shape index (κ3) is 10.2. The minimum atomic E-state index is -4.52. The van der Waals surface area contributed by atoms with E-state index in [1.807, 2.05) is 30.3 Å². The summed E-state index contributed by atoms with van der Waals surface area (Å²) in [6.07, 6.45) is -1.81. The Labute approximate surface area is 283 Å². The second-order valence-electron chi connectivity index (χ2n) is 11.9. The highest BCUT2D eigenvalue weighted by Gasteiger charge is 2.51. The summed E-state index contributed by atoms with van der Waals surface area (Å²) >= 11 is 0. The molecule has 0 aliphatic carbocycles. The molecule has 3 amide bonds. The summed E-state index contributed by atoms with van der Waals surface area (Å²) in [5, 5.41) is 14.6. The molecule has 9 nitrogen and oxygen atoms in total. The van der Waals surface area contributed by atoms with Crippen molar-refractivity contribution in [3.05, 3.63) is 138 Å². The molecule has 0 heterocycles. The van der Waals surface area contributed by atoms with Crippen LogP contribution in [-0.4, -0.2) is 51.7 Å². The highest BCUT2D eigenvalue weighted by molar-refractivity contribution is 6.10. The molecule has 1 unspecified atom stereocenters. The van der Waals surface area contributed by atoms with Crippen LogP contribution in [0.3, 0.4) is 0 Å². The summed E-state index contributed by atoms with van der Waals surface area (Å²) in [4.78, 5) is 53.2. The maximum atomic E-state index is 15.5. The zero-order chi connectivity index (χ0) is 35.4. The van der Waals surface area contributed by atoms with Gasteiger partial charge in [-0.1, -0.05) is 117 Å². The first-order valence-corrected chi connectivity index (χ1v) is 15.8. The van der Waals surface area contributed by atoms with Crippen molar-refractivity contribution in [1.29, 1.82) is 0 Å². The first-order chi connectivity index (χ1) is 23.5. The number of ether oxygens (including phenoxy) is 1. The molecule has 49 heavy (non-hydrogen) atoms. The summed E-state index contributed by atoms with van der Waals surface area (Å²) in [5.74, 6) is -9.23. The molecular formula is C38H39F2N3O6. The predicted octanol–water partition coefficient (Wildman–Crippen LogP) is 6.02. The minimum Gasteiger partial charge on any atom is -0.489 e. The molecule has 4 rings (SSSR count). The fourth-order valence-corrected chi connectivity index (χ4v) is 5.25. The van der Waals surface area contributed by atoms with Crippen LogP contribution in [0.4, 0.5) is 13.6 Å². The number of halogens is 2. The monoisotopic (exact) mass is 671 g/mol. The number of Topliss-reactive ketones (excluding diaryl/α,β-unsaturated/α-hetero) is 1. The number of amides is 3. The van der Waals surface area contributed by atoms with Crippen LogP contribution in [0.25, 0.3) is 0 Å². The molecule has 0 fully saturated rings. The van der Waals surface area contributed by atoms with Gasteiger partial charge in [0, 0.05) is 19.5 Å². The highest BCUT2D eigenvalue weighted by atomic mass is 19.3. The SMILES string of the molecule is CC(C)C(C(=O)N[C@@H](Cc1ccc(OCc2ccccc2)cc1)C(=O)C(F)(F)C(=O)NCc1ccccc1)N(Cc1ccccc1)C(=O)O. The van der Waals surface area contributed by atoms with Crippen LogP contribution in [0.15, 0.2) is 115 Å². The zero-order valence-electron chi connectivity index (χ0n) is 27.2. The van der Waals surface area contributed by atoms with Crippen LogP contribution in [0.2, 0.25) is 0 Å². The van der Waals surface area contributed by atoms with Gasteiger partial charge in [0.2, 0.25) is 11.7 Å². The van der Waals surface area contributed by atoms with Crippen molar-refractivity contribution in [3.63, 3.8) is 0 Å². The summed E-state index contributed by atoms with van der Waals surface area (Å²) in [7, 11) is 0. The van der Waals surface area contributed by atoms with Crippen molar-refractivity contribution in [3.8, 4) is 5.75 Å². The summed E-state index contributed by atoms with van der Waals surface area (Å²) < 4.78 is 36.9. The topological polar surface area (TPSA) is 125 Å². The molecule has 0 spiro atoms. The van der Waals surface area contributed by atoms with Crippen molar-refractivity contribution >= 4 is 23.7 Å².